The van der Waals surface area contributed by atoms with Crippen LogP contribution in [0, 0.1) is 6.92 Å². The molecular formula is C19H18Cl2N2O2. The Labute approximate surface area is 156 Å². The Hall–Kier alpha value is -2.04. The minimum Gasteiger partial charge on any atom is -0.473 e. The van der Waals surface area contributed by atoms with Gasteiger partial charge in [0.1, 0.15) is 18.1 Å². The topological polar surface area (TPSA) is 48.2 Å². The molecule has 4 nitrogen and oxygen atoms in total. The highest BCUT2D eigenvalue weighted by Gasteiger charge is 2.23. The van der Waals surface area contributed by atoms with Gasteiger partial charge in [0.15, 0.2) is 0 Å². The van der Waals surface area contributed by atoms with Crippen LogP contribution in [0.4, 0.5) is 0 Å². The van der Waals surface area contributed by atoms with Crippen molar-refractivity contribution in [3.8, 4) is 17.1 Å². The van der Waals surface area contributed by atoms with Gasteiger partial charge in [-0.2, -0.15) is 0 Å². The van der Waals surface area contributed by atoms with E-state index < -0.39 is 0 Å². The molecule has 0 aliphatic rings. The van der Waals surface area contributed by atoms with Gasteiger partial charge in [0.05, 0.1) is 15.6 Å². The molecule has 0 atom stereocenters. The van der Waals surface area contributed by atoms with E-state index in [0.29, 0.717) is 27.2 Å². The molecule has 0 fully saturated rings. The highest BCUT2D eigenvalue weighted by Crippen LogP contribution is 2.38. The van der Waals surface area contributed by atoms with E-state index in [1.807, 2.05) is 39.0 Å². The first-order valence-electron chi connectivity index (χ1n) is 7.96. The van der Waals surface area contributed by atoms with Crippen LogP contribution < -0.4 is 4.74 Å². The standard InChI is InChI=1S/C19H18Cl2N2O2/c1-11(2)19-13(10-24-16-9-4-6-12(3)22-16)18(23-25-19)17-14(20)7-5-8-15(17)21/h4-9,11H,10H2,1-3H3. The molecule has 1 aromatic carbocycles. The second kappa shape index (κ2) is 7.46. The van der Waals surface area contributed by atoms with E-state index in [1.165, 1.54) is 0 Å². The lowest BCUT2D eigenvalue weighted by atomic mass is 10.0. The van der Waals surface area contributed by atoms with Gasteiger partial charge in [0.2, 0.25) is 5.88 Å². The van der Waals surface area contributed by atoms with Crippen molar-refractivity contribution < 1.29 is 9.26 Å². The first-order valence-corrected chi connectivity index (χ1v) is 8.72. The molecule has 0 radical (unpaired) electrons. The number of aryl methyl sites for hydroxylation is 1. The number of benzene rings is 1. The molecular weight excluding hydrogens is 359 g/mol. The van der Waals surface area contributed by atoms with Gasteiger partial charge in [-0.3, -0.25) is 0 Å². The van der Waals surface area contributed by atoms with Crippen LogP contribution in [-0.4, -0.2) is 10.1 Å². The van der Waals surface area contributed by atoms with Gasteiger partial charge in [0.25, 0.3) is 0 Å². The van der Waals surface area contributed by atoms with Gasteiger partial charge in [-0.05, 0) is 25.1 Å². The van der Waals surface area contributed by atoms with Gasteiger partial charge in [-0.15, -0.1) is 0 Å². The van der Waals surface area contributed by atoms with Crippen LogP contribution in [-0.2, 0) is 6.61 Å². The summed E-state index contributed by atoms with van der Waals surface area (Å²) in [5.74, 6) is 1.44. The lowest BCUT2D eigenvalue weighted by molar-refractivity contribution is 0.287. The van der Waals surface area contributed by atoms with E-state index in [4.69, 9.17) is 32.5 Å². The molecule has 0 N–H and O–H groups in total. The molecule has 3 rings (SSSR count). The first kappa shape index (κ1) is 17.8. The summed E-state index contributed by atoms with van der Waals surface area (Å²) in [6.45, 7) is 6.25. The average Bonchev–Trinajstić information content (AvgIpc) is 2.97. The van der Waals surface area contributed by atoms with Crippen LogP contribution in [0.25, 0.3) is 11.3 Å². The van der Waals surface area contributed by atoms with Crippen LogP contribution in [0.1, 0.15) is 36.8 Å². The number of rotatable bonds is 5. The highest BCUT2D eigenvalue weighted by atomic mass is 35.5. The fourth-order valence-corrected chi connectivity index (χ4v) is 3.16. The summed E-state index contributed by atoms with van der Waals surface area (Å²) < 4.78 is 11.4. The lowest BCUT2D eigenvalue weighted by Crippen LogP contribution is -2.02. The smallest absolute Gasteiger partial charge is 0.213 e. The van der Waals surface area contributed by atoms with Crippen molar-refractivity contribution in [2.75, 3.05) is 0 Å². The zero-order chi connectivity index (χ0) is 18.0. The van der Waals surface area contributed by atoms with E-state index in [2.05, 4.69) is 10.1 Å². The van der Waals surface area contributed by atoms with Gasteiger partial charge in [-0.25, -0.2) is 4.98 Å². The highest BCUT2D eigenvalue weighted by molar-refractivity contribution is 6.39. The van der Waals surface area contributed by atoms with E-state index in [-0.39, 0.29) is 12.5 Å². The Bertz CT molecular complexity index is 871. The van der Waals surface area contributed by atoms with Crippen LogP contribution in [0.2, 0.25) is 10.0 Å². The molecule has 2 heterocycles. The number of ether oxygens (including phenoxy) is 1. The molecule has 6 heteroatoms. The number of hydrogen-bond acceptors (Lipinski definition) is 4. The Balaban J connectivity index is 2.01. The van der Waals surface area contributed by atoms with Crippen LogP contribution in [0.3, 0.4) is 0 Å². The van der Waals surface area contributed by atoms with Gasteiger partial charge < -0.3 is 9.26 Å². The molecule has 0 aliphatic heterocycles. The van der Waals surface area contributed by atoms with Crippen molar-refractivity contribution in [3.63, 3.8) is 0 Å². The van der Waals surface area contributed by atoms with E-state index in [1.54, 1.807) is 18.2 Å². The number of pyridine rings is 1. The Morgan fingerprint density at radius 3 is 2.40 bits per heavy atom. The molecule has 0 unspecified atom stereocenters. The summed E-state index contributed by atoms with van der Waals surface area (Å²) >= 11 is 12.7. The summed E-state index contributed by atoms with van der Waals surface area (Å²) in [5, 5.41) is 5.25. The normalized spacial score (nSPS) is 11.1. The summed E-state index contributed by atoms with van der Waals surface area (Å²) in [4.78, 5) is 4.36. The maximum Gasteiger partial charge on any atom is 0.213 e. The molecule has 25 heavy (non-hydrogen) atoms. The maximum absolute atomic E-state index is 6.34. The summed E-state index contributed by atoms with van der Waals surface area (Å²) in [6.07, 6.45) is 0. The van der Waals surface area contributed by atoms with Crippen molar-refractivity contribution in [3.05, 3.63) is 63.5 Å². The molecule has 0 spiro atoms. The van der Waals surface area contributed by atoms with E-state index in [0.717, 1.165) is 17.0 Å². The minimum atomic E-state index is 0.145. The quantitative estimate of drug-likeness (QED) is 0.543. The maximum atomic E-state index is 6.34. The SMILES string of the molecule is Cc1cccc(OCc2c(-c3c(Cl)cccc3Cl)noc2C(C)C)n1. The molecule has 0 saturated carbocycles. The largest absolute Gasteiger partial charge is 0.473 e. The number of nitrogens with zero attached hydrogens (tertiary/aromatic N) is 2. The molecule has 130 valence electrons. The second-order valence-electron chi connectivity index (χ2n) is 6.03. The summed E-state index contributed by atoms with van der Waals surface area (Å²) in [5.41, 5.74) is 2.97. The third-order valence-corrected chi connectivity index (χ3v) is 4.40. The molecule has 0 saturated heterocycles. The predicted octanol–water partition coefficient (Wildman–Crippen LogP) is 6.05. The molecule has 3 aromatic rings. The van der Waals surface area contributed by atoms with Crippen molar-refractivity contribution >= 4 is 23.2 Å². The Morgan fingerprint density at radius 2 is 1.76 bits per heavy atom. The van der Waals surface area contributed by atoms with Crippen LogP contribution in [0.5, 0.6) is 5.88 Å². The number of hydrogen-bond donors (Lipinski definition) is 0. The molecule has 0 bridgehead atoms. The van der Waals surface area contributed by atoms with Crippen LogP contribution in [0.15, 0.2) is 40.9 Å². The summed E-state index contributed by atoms with van der Waals surface area (Å²) in [7, 11) is 0. The fraction of sp³-hybridized carbons (Fsp3) is 0.263. The lowest BCUT2D eigenvalue weighted by Gasteiger charge is -2.10. The third kappa shape index (κ3) is 3.80. The Morgan fingerprint density at radius 1 is 1.08 bits per heavy atom. The van der Waals surface area contributed by atoms with E-state index in [9.17, 15) is 0 Å². The van der Waals surface area contributed by atoms with Gasteiger partial charge in [-0.1, -0.05) is 54.3 Å². The van der Waals surface area contributed by atoms with Gasteiger partial charge >= 0.3 is 0 Å². The van der Waals surface area contributed by atoms with Crippen molar-refractivity contribution in [1.29, 1.82) is 0 Å². The number of aromatic nitrogens is 2. The third-order valence-electron chi connectivity index (χ3n) is 3.77. The zero-order valence-electron chi connectivity index (χ0n) is 14.2. The van der Waals surface area contributed by atoms with E-state index >= 15 is 0 Å². The monoisotopic (exact) mass is 376 g/mol. The molecule has 0 aliphatic carbocycles. The zero-order valence-corrected chi connectivity index (χ0v) is 15.7. The van der Waals surface area contributed by atoms with Crippen molar-refractivity contribution in [2.24, 2.45) is 0 Å². The predicted molar refractivity (Wildman–Crippen MR) is 99.4 cm³/mol. The Kier molecular flexibility index (Phi) is 5.30. The molecule has 0 amide bonds. The fourth-order valence-electron chi connectivity index (χ4n) is 2.58. The van der Waals surface area contributed by atoms with Crippen LogP contribution >= 0.6 is 23.2 Å². The number of halogens is 2. The van der Waals surface area contributed by atoms with Gasteiger partial charge in [0, 0.05) is 23.2 Å². The second-order valence-corrected chi connectivity index (χ2v) is 6.85. The van der Waals surface area contributed by atoms with Crippen molar-refractivity contribution in [2.45, 2.75) is 33.3 Å². The average molecular weight is 377 g/mol. The molecule has 2 aromatic heterocycles. The van der Waals surface area contributed by atoms with Crippen molar-refractivity contribution in [1.82, 2.24) is 10.1 Å². The first-order chi connectivity index (χ1) is 12.0. The summed E-state index contributed by atoms with van der Waals surface area (Å²) in [6, 6.07) is 11.0. The minimum absolute atomic E-state index is 0.145.